The van der Waals surface area contributed by atoms with Crippen LogP contribution in [0.3, 0.4) is 0 Å². The molecular formula is C8H10O2. The minimum Gasteiger partial charge on any atom is -0.340 e. The fourth-order valence-electron chi connectivity index (χ4n) is 0.885. The first-order valence-electron chi connectivity index (χ1n) is 3.27. The smallest absolute Gasteiger partial charge is 0.168 e. The lowest BCUT2D eigenvalue weighted by atomic mass is 10.1. The van der Waals surface area contributed by atoms with E-state index in [2.05, 4.69) is 4.89 Å². The standard InChI is InChI=1S/C8H10O2/c1-2-7-5-3-4-6-8(7)10-9/h3-6,9H,2H2,1H3. The van der Waals surface area contributed by atoms with Crippen molar-refractivity contribution in [1.82, 2.24) is 0 Å². The van der Waals surface area contributed by atoms with E-state index in [1.807, 2.05) is 25.1 Å². The van der Waals surface area contributed by atoms with Crippen LogP contribution in [-0.4, -0.2) is 5.26 Å². The van der Waals surface area contributed by atoms with Gasteiger partial charge in [0.25, 0.3) is 0 Å². The van der Waals surface area contributed by atoms with Gasteiger partial charge in [-0.25, -0.2) is 5.26 Å². The van der Waals surface area contributed by atoms with Gasteiger partial charge in [0.15, 0.2) is 5.75 Å². The summed E-state index contributed by atoms with van der Waals surface area (Å²) in [5.74, 6) is 0.546. The van der Waals surface area contributed by atoms with E-state index in [1.54, 1.807) is 6.07 Å². The van der Waals surface area contributed by atoms with Gasteiger partial charge in [-0.3, -0.25) is 0 Å². The molecule has 1 aromatic rings. The van der Waals surface area contributed by atoms with E-state index in [0.29, 0.717) is 5.75 Å². The monoisotopic (exact) mass is 138 g/mol. The molecule has 0 fully saturated rings. The molecule has 0 atom stereocenters. The lowest BCUT2D eigenvalue weighted by Gasteiger charge is -2.01. The first-order chi connectivity index (χ1) is 4.88. The van der Waals surface area contributed by atoms with Gasteiger partial charge in [-0.2, -0.15) is 0 Å². The highest BCUT2D eigenvalue weighted by Crippen LogP contribution is 2.16. The molecule has 1 rings (SSSR count). The highest BCUT2D eigenvalue weighted by Gasteiger charge is 1.97. The van der Waals surface area contributed by atoms with E-state index in [0.717, 1.165) is 12.0 Å². The van der Waals surface area contributed by atoms with Crippen molar-refractivity contribution in [2.75, 3.05) is 0 Å². The van der Waals surface area contributed by atoms with Crippen molar-refractivity contribution in [2.24, 2.45) is 0 Å². The number of hydrogen-bond acceptors (Lipinski definition) is 2. The van der Waals surface area contributed by atoms with Gasteiger partial charge in [-0.1, -0.05) is 25.1 Å². The highest BCUT2D eigenvalue weighted by atomic mass is 17.1. The predicted octanol–water partition coefficient (Wildman–Crippen LogP) is 2.10. The summed E-state index contributed by atoms with van der Waals surface area (Å²) < 4.78 is 0. The molecule has 2 heteroatoms. The molecule has 0 radical (unpaired) electrons. The van der Waals surface area contributed by atoms with Crippen LogP contribution in [0, 0.1) is 0 Å². The van der Waals surface area contributed by atoms with Gasteiger partial charge in [0, 0.05) is 0 Å². The van der Waals surface area contributed by atoms with Crippen LogP contribution in [-0.2, 0) is 6.42 Å². The third-order valence-electron chi connectivity index (χ3n) is 1.45. The molecule has 0 heterocycles. The van der Waals surface area contributed by atoms with Crippen LogP contribution < -0.4 is 4.89 Å². The second-order valence-corrected chi connectivity index (χ2v) is 2.05. The molecule has 2 nitrogen and oxygen atoms in total. The van der Waals surface area contributed by atoms with Gasteiger partial charge in [0.05, 0.1) is 0 Å². The first-order valence-corrected chi connectivity index (χ1v) is 3.27. The molecule has 0 saturated heterocycles. The SMILES string of the molecule is CCc1ccccc1OO. The average Bonchev–Trinajstić information content (AvgIpc) is 2.04. The minimum atomic E-state index is 0.546. The maximum Gasteiger partial charge on any atom is 0.168 e. The molecule has 1 N–H and O–H groups in total. The molecule has 0 aliphatic carbocycles. The van der Waals surface area contributed by atoms with Gasteiger partial charge in [-0.15, -0.1) is 0 Å². The summed E-state index contributed by atoms with van der Waals surface area (Å²) in [7, 11) is 0. The second kappa shape index (κ2) is 3.22. The van der Waals surface area contributed by atoms with Crippen LogP contribution in [0.2, 0.25) is 0 Å². The summed E-state index contributed by atoms with van der Waals surface area (Å²) in [6, 6.07) is 7.40. The lowest BCUT2D eigenvalue weighted by Crippen LogP contribution is -1.89. The van der Waals surface area contributed by atoms with E-state index >= 15 is 0 Å². The zero-order valence-corrected chi connectivity index (χ0v) is 5.87. The summed E-state index contributed by atoms with van der Waals surface area (Å²) in [6.45, 7) is 2.01. The molecule has 0 unspecified atom stereocenters. The first kappa shape index (κ1) is 7.09. The molecule has 54 valence electrons. The van der Waals surface area contributed by atoms with Gasteiger partial charge in [0.2, 0.25) is 0 Å². The van der Waals surface area contributed by atoms with E-state index < -0.39 is 0 Å². The normalized spacial score (nSPS) is 9.40. The lowest BCUT2D eigenvalue weighted by molar-refractivity contribution is -0.138. The Morgan fingerprint density at radius 2 is 2.10 bits per heavy atom. The Kier molecular flexibility index (Phi) is 2.29. The number of hydrogen-bond donors (Lipinski definition) is 1. The fourth-order valence-corrected chi connectivity index (χ4v) is 0.885. The molecule has 1 aromatic carbocycles. The van der Waals surface area contributed by atoms with Crippen molar-refractivity contribution in [3.63, 3.8) is 0 Å². The predicted molar refractivity (Wildman–Crippen MR) is 39.1 cm³/mol. The topological polar surface area (TPSA) is 29.5 Å². The zero-order valence-electron chi connectivity index (χ0n) is 5.87. The Morgan fingerprint density at radius 1 is 1.40 bits per heavy atom. The Balaban J connectivity index is 2.96. The van der Waals surface area contributed by atoms with Crippen molar-refractivity contribution < 1.29 is 10.1 Å². The summed E-state index contributed by atoms with van der Waals surface area (Å²) in [6.07, 6.45) is 0.872. The molecule has 0 bridgehead atoms. The van der Waals surface area contributed by atoms with Crippen LogP contribution in [0.25, 0.3) is 0 Å². The number of rotatable bonds is 2. The molecular weight excluding hydrogens is 128 g/mol. The molecule has 0 aromatic heterocycles. The Labute approximate surface area is 60.0 Å². The largest absolute Gasteiger partial charge is 0.340 e. The van der Waals surface area contributed by atoms with Crippen molar-refractivity contribution in [3.05, 3.63) is 29.8 Å². The maximum atomic E-state index is 8.35. The van der Waals surface area contributed by atoms with Gasteiger partial charge in [0.1, 0.15) is 0 Å². The van der Waals surface area contributed by atoms with Gasteiger partial charge in [-0.05, 0) is 18.1 Å². The summed E-state index contributed by atoms with van der Waals surface area (Å²) in [4.78, 5) is 4.14. The molecule has 0 aliphatic rings. The van der Waals surface area contributed by atoms with Crippen LogP contribution in [0.4, 0.5) is 0 Å². The van der Waals surface area contributed by atoms with Crippen molar-refractivity contribution >= 4 is 0 Å². The van der Waals surface area contributed by atoms with Crippen LogP contribution in [0.15, 0.2) is 24.3 Å². The molecule has 0 saturated carbocycles. The Hall–Kier alpha value is -1.02. The third kappa shape index (κ3) is 1.28. The maximum absolute atomic E-state index is 8.35. The van der Waals surface area contributed by atoms with Crippen LogP contribution in [0.1, 0.15) is 12.5 Å². The van der Waals surface area contributed by atoms with E-state index in [-0.39, 0.29) is 0 Å². The summed E-state index contributed by atoms with van der Waals surface area (Å²) in [5.41, 5.74) is 1.02. The van der Waals surface area contributed by atoms with E-state index in [9.17, 15) is 0 Å². The van der Waals surface area contributed by atoms with E-state index in [4.69, 9.17) is 5.26 Å². The molecule has 0 amide bonds. The number of benzene rings is 1. The number of aryl methyl sites for hydroxylation is 1. The van der Waals surface area contributed by atoms with Crippen LogP contribution in [0.5, 0.6) is 5.75 Å². The van der Waals surface area contributed by atoms with E-state index in [1.165, 1.54) is 0 Å². The average molecular weight is 138 g/mol. The minimum absolute atomic E-state index is 0.546. The molecule has 10 heavy (non-hydrogen) atoms. The highest BCUT2D eigenvalue weighted by molar-refractivity contribution is 5.32. The second-order valence-electron chi connectivity index (χ2n) is 2.05. The summed E-state index contributed by atoms with van der Waals surface area (Å²) >= 11 is 0. The van der Waals surface area contributed by atoms with Crippen molar-refractivity contribution in [2.45, 2.75) is 13.3 Å². The van der Waals surface area contributed by atoms with Gasteiger partial charge >= 0.3 is 0 Å². The Bertz CT molecular complexity index is 185. The Morgan fingerprint density at radius 3 is 2.60 bits per heavy atom. The molecule has 0 aliphatic heterocycles. The van der Waals surface area contributed by atoms with Crippen LogP contribution >= 0.6 is 0 Å². The van der Waals surface area contributed by atoms with Crippen molar-refractivity contribution in [3.8, 4) is 5.75 Å². The number of para-hydroxylation sites is 1. The quantitative estimate of drug-likeness (QED) is 0.501. The summed E-state index contributed by atoms with van der Waals surface area (Å²) in [5, 5.41) is 8.35. The molecule has 0 spiro atoms. The fraction of sp³-hybridized carbons (Fsp3) is 0.250. The third-order valence-corrected chi connectivity index (χ3v) is 1.45. The van der Waals surface area contributed by atoms with Crippen molar-refractivity contribution in [1.29, 1.82) is 0 Å². The zero-order chi connectivity index (χ0) is 7.40. The van der Waals surface area contributed by atoms with Gasteiger partial charge < -0.3 is 4.89 Å².